The van der Waals surface area contributed by atoms with Gasteiger partial charge >= 0.3 is 0 Å². The van der Waals surface area contributed by atoms with Crippen molar-refractivity contribution in [3.8, 4) is 5.75 Å². The summed E-state index contributed by atoms with van der Waals surface area (Å²) >= 11 is 0. The maximum absolute atomic E-state index is 12.3. The minimum absolute atomic E-state index is 0.0674. The number of carbonyl (C=O) groups excluding carboxylic acids is 2. The molecule has 138 valence electrons. The number of hydrogen-bond donors (Lipinski definition) is 1. The topological polar surface area (TPSA) is 58.6 Å². The summed E-state index contributed by atoms with van der Waals surface area (Å²) in [7, 11) is 1.80. The van der Waals surface area contributed by atoms with Crippen LogP contribution in [0.4, 0.5) is 0 Å². The molecule has 0 bridgehead atoms. The van der Waals surface area contributed by atoms with Gasteiger partial charge < -0.3 is 15.0 Å². The number of para-hydroxylation sites is 1. The Morgan fingerprint density at radius 3 is 2.46 bits per heavy atom. The van der Waals surface area contributed by atoms with Crippen LogP contribution in [0.15, 0.2) is 54.6 Å². The van der Waals surface area contributed by atoms with Crippen molar-refractivity contribution < 1.29 is 14.3 Å². The highest BCUT2D eigenvalue weighted by Crippen LogP contribution is 2.17. The van der Waals surface area contributed by atoms with E-state index in [1.54, 1.807) is 30.1 Å². The minimum Gasteiger partial charge on any atom is -0.493 e. The second-order valence-electron chi connectivity index (χ2n) is 6.02. The Kier molecular flexibility index (Phi) is 7.68. The van der Waals surface area contributed by atoms with Gasteiger partial charge in [-0.15, -0.1) is 0 Å². The van der Waals surface area contributed by atoms with Crippen molar-refractivity contribution in [1.82, 2.24) is 10.2 Å². The van der Waals surface area contributed by atoms with Crippen molar-refractivity contribution in [3.63, 3.8) is 0 Å². The summed E-state index contributed by atoms with van der Waals surface area (Å²) in [5.41, 5.74) is 1.62. The fourth-order valence-corrected chi connectivity index (χ4v) is 2.61. The lowest BCUT2D eigenvalue weighted by atomic mass is 10.2. The molecule has 2 amide bonds. The highest BCUT2D eigenvalue weighted by molar-refractivity contribution is 5.96. The summed E-state index contributed by atoms with van der Waals surface area (Å²) in [5, 5.41) is 2.85. The van der Waals surface area contributed by atoms with Gasteiger partial charge in [-0.2, -0.15) is 0 Å². The van der Waals surface area contributed by atoms with Gasteiger partial charge in [0.15, 0.2) is 0 Å². The van der Waals surface area contributed by atoms with Crippen molar-refractivity contribution in [3.05, 3.63) is 65.7 Å². The van der Waals surface area contributed by atoms with Crippen molar-refractivity contribution in [2.75, 3.05) is 20.2 Å². The highest BCUT2D eigenvalue weighted by Gasteiger charge is 2.12. The maximum Gasteiger partial charge on any atom is 0.255 e. The van der Waals surface area contributed by atoms with Crippen LogP contribution in [0.5, 0.6) is 5.75 Å². The van der Waals surface area contributed by atoms with E-state index < -0.39 is 0 Å². The molecule has 0 saturated heterocycles. The Bertz CT molecular complexity index is 716. The molecule has 0 aromatic heterocycles. The largest absolute Gasteiger partial charge is 0.493 e. The van der Waals surface area contributed by atoms with Crippen LogP contribution in [-0.2, 0) is 11.3 Å². The van der Waals surface area contributed by atoms with Crippen LogP contribution in [0, 0.1) is 0 Å². The molecule has 26 heavy (non-hydrogen) atoms. The lowest BCUT2D eigenvalue weighted by Crippen LogP contribution is -2.29. The molecule has 2 rings (SSSR count). The predicted octanol–water partition coefficient (Wildman–Crippen LogP) is 3.25. The fraction of sp³-hybridized carbons (Fsp3) is 0.333. The van der Waals surface area contributed by atoms with Crippen LogP contribution in [-0.4, -0.2) is 36.9 Å². The molecule has 1 N–H and O–H groups in total. The first kappa shape index (κ1) is 19.5. The van der Waals surface area contributed by atoms with Gasteiger partial charge in [0.2, 0.25) is 5.91 Å². The van der Waals surface area contributed by atoms with E-state index in [9.17, 15) is 9.59 Å². The molecule has 0 unspecified atom stereocenters. The molecule has 0 atom stereocenters. The molecule has 2 aromatic rings. The number of ether oxygens (including phenoxy) is 1. The third-order valence-electron chi connectivity index (χ3n) is 3.97. The molecule has 0 radical (unpaired) electrons. The molecule has 0 aliphatic rings. The van der Waals surface area contributed by atoms with Crippen LogP contribution < -0.4 is 10.1 Å². The van der Waals surface area contributed by atoms with Gasteiger partial charge in [0.1, 0.15) is 5.75 Å². The number of nitrogens with zero attached hydrogens (tertiary/aromatic N) is 1. The molecular weight excluding hydrogens is 328 g/mol. The third-order valence-corrected chi connectivity index (χ3v) is 3.97. The second-order valence-corrected chi connectivity index (χ2v) is 6.02. The Balaban J connectivity index is 1.74. The van der Waals surface area contributed by atoms with E-state index in [4.69, 9.17) is 4.74 Å². The molecular formula is C21H26N2O3. The van der Waals surface area contributed by atoms with E-state index in [0.717, 1.165) is 5.56 Å². The number of benzene rings is 2. The SMILES string of the molecule is CCOc1ccccc1C(=O)NCCCC(=O)N(C)Cc1ccccc1. The maximum atomic E-state index is 12.3. The van der Waals surface area contributed by atoms with E-state index in [0.29, 0.717) is 43.9 Å². The zero-order valence-corrected chi connectivity index (χ0v) is 15.4. The first-order chi connectivity index (χ1) is 12.6. The van der Waals surface area contributed by atoms with Gasteiger partial charge in [0.25, 0.3) is 5.91 Å². The van der Waals surface area contributed by atoms with E-state index >= 15 is 0 Å². The summed E-state index contributed by atoms with van der Waals surface area (Å²) in [6, 6.07) is 17.0. The number of nitrogens with one attached hydrogen (secondary N) is 1. The zero-order chi connectivity index (χ0) is 18.8. The predicted molar refractivity (Wildman–Crippen MR) is 102 cm³/mol. The lowest BCUT2D eigenvalue weighted by Gasteiger charge is -2.17. The van der Waals surface area contributed by atoms with Crippen LogP contribution in [0.25, 0.3) is 0 Å². The summed E-state index contributed by atoms with van der Waals surface area (Å²) in [6.07, 6.45) is 0.997. The summed E-state index contributed by atoms with van der Waals surface area (Å²) in [5.74, 6) is 0.461. The van der Waals surface area contributed by atoms with Crippen molar-refractivity contribution in [1.29, 1.82) is 0 Å². The fourth-order valence-electron chi connectivity index (χ4n) is 2.61. The number of rotatable bonds is 9. The molecule has 0 fully saturated rings. The van der Waals surface area contributed by atoms with Gasteiger partial charge in [0, 0.05) is 26.6 Å². The van der Waals surface area contributed by atoms with E-state index in [1.165, 1.54) is 0 Å². The molecule has 0 spiro atoms. The Morgan fingerprint density at radius 2 is 1.73 bits per heavy atom. The van der Waals surface area contributed by atoms with E-state index in [2.05, 4.69) is 5.32 Å². The summed E-state index contributed by atoms with van der Waals surface area (Å²) < 4.78 is 5.47. The Labute approximate surface area is 155 Å². The van der Waals surface area contributed by atoms with E-state index in [-0.39, 0.29) is 11.8 Å². The first-order valence-electron chi connectivity index (χ1n) is 8.89. The normalized spacial score (nSPS) is 10.2. The average Bonchev–Trinajstić information content (AvgIpc) is 2.66. The summed E-state index contributed by atoms with van der Waals surface area (Å²) in [6.45, 7) is 3.43. The van der Waals surface area contributed by atoms with Crippen molar-refractivity contribution in [2.45, 2.75) is 26.3 Å². The number of amides is 2. The Hall–Kier alpha value is -2.82. The zero-order valence-electron chi connectivity index (χ0n) is 15.4. The molecule has 0 aliphatic carbocycles. The lowest BCUT2D eigenvalue weighted by molar-refractivity contribution is -0.130. The highest BCUT2D eigenvalue weighted by atomic mass is 16.5. The smallest absolute Gasteiger partial charge is 0.255 e. The van der Waals surface area contributed by atoms with Crippen LogP contribution in [0.1, 0.15) is 35.7 Å². The molecule has 0 aliphatic heterocycles. The quantitative estimate of drug-likeness (QED) is 0.703. The van der Waals surface area contributed by atoms with Crippen molar-refractivity contribution >= 4 is 11.8 Å². The van der Waals surface area contributed by atoms with Crippen LogP contribution >= 0.6 is 0 Å². The molecule has 5 nitrogen and oxygen atoms in total. The van der Waals surface area contributed by atoms with Gasteiger partial charge in [-0.05, 0) is 31.0 Å². The standard InChI is InChI=1S/C21H26N2O3/c1-3-26-19-13-8-7-12-18(19)21(25)22-15-9-14-20(24)23(2)16-17-10-5-4-6-11-17/h4-8,10-13H,3,9,14-16H2,1-2H3,(H,22,25). The van der Waals surface area contributed by atoms with Gasteiger partial charge in [-0.1, -0.05) is 42.5 Å². The monoisotopic (exact) mass is 354 g/mol. The van der Waals surface area contributed by atoms with Crippen molar-refractivity contribution in [2.24, 2.45) is 0 Å². The summed E-state index contributed by atoms with van der Waals surface area (Å²) in [4.78, 5) is 26.2. The minimum atomic E-state index is -0.181. The third kappa shape index (κ3) is 5.92. The number of hydrogen-bond acceptors (Lipinski definition) is 3. The molecule has 0 saturated carbocycles. The first-order valence-corrected chi connectivity index (χ1v) is 8.89. The van der Waals surface area contributed by atoms with Gasteiger partial charge in [0.05, 0.1) is 12.2 Å². The average molecular weight is 354 g/mol. The Morgan fingerprint density at radius 1 is 1.04 bits per heavy atom. The second kappa shape index (κ2) is 10.2. The van der Waals surface area contributed by atoms with E-state index in [1.807, 2.05) is 43.3 Å². The molecule has 5 heteroatoms. The molecule has 2 aromatic carbocycles. The van der Waals surface area contributed by atoms with Crippen LogP contribution in [0.3, 0.4) is 0 Å². The van der Waals surface area contributed by atoms with Gasteiger partial charge in [-0.3, -0.25) is 9.59 Å². The molecule has 0 heterocycles. The number of carbonyl (C=O) groups is 2. The van der Waals surface area contributed by atoms with Gasteiger partial charge in [-0.25, -0.2) is 0 Å². The van der Waals surface area contributed by atoms with Crippen LogP contribution in [0.2, 0.25) is 0 Å².